The Morgan fingerprint density at radius 2 is 1.70 bits per heavy atom. The van der Waals surface area contributed by atoms with Gasteiger partial charge in [-0.3, -0.25) is 44.1 Å². The Kier molecular flexibility index (Phi) is 9.48. The summed E-state index contributed by atoms with van der Waals surface area (Å²) < 4.78 is 1.78. The van der Waals surface area contributed by atoms with Gasteiger partial charge in [0, 0.05) is 88.8 Å². The van der Waals surface area contributed by atoms with Gasteiger partial charge in [-0.25, -0.2) is 9.36 Å². The average molecular weight is 840 g/mol. The lowest BCUT2D eigenvalue weighted by atomic mass is 9.72. The Hall–Kier alpha value is -6.78. The van der Waals surface area contributed by atoms with E-state index >= 15 is 0 Å². The number of amides is 5. The first kappa shape index (κ1) is 38.4. The van der Waals surface area contributed by atoms with Crippen molar-refractivity contribution in [2.75, 3.05) is 81.1 Å². The van der Waals surface area contributed by atoms with E-state index in [0.29, 0.717) is 38.4 Å². The van der Waals surface area contributed by atoms with Gasteiger partial charge in [0.2, 0.25) is 28.5 Å². The van der Waals surface area contributed by atoms with Crippen molar-refractivity contribution in [2.45, 2.75) is 31.7 Å². The van der Waals surface area contributed by atoms with E-state index in [9.17, 15) is 24.0 Å². The molecule has 61 heavy (non-hydrogen) atoms. The number of likely N-dealkylation sites (tertiary alicyclic amines) is 1. The molecule has 1 atom stereocenters. The van der Waals surface area contributed by atoms with Gasteiger partial charge in [-0.1, -0.05) is 11.3 Å². The van der Waals surface area contributed by atoms with Crippen molar-refractivity contribution in [3.63, 3.8) is 0 Å². The molecule has 5 aromatic rings. The maximum absolute atomic E-state index is 13.5. The molecule has 9 heterocycles. The molecule has 10 rings (SSSR count). The predicted molar refractivity (Wildman–Crippen MR) is 225 cm³/mol. The summed E-state index contributed by atoms with van der Waals surface area (Å²) in [6, 6.07) is 11.8. The van der Waals surface area contributed by atoms with Crippen molar-refractivity contribution < 1.29 is 24.0 Å². The first-order chi connectivity index (χ1) is 29.6. The Morgan fingerprint density at radius 1 is 0.918 bits per heavy atom. The zero-order chi connectivity index (χ0) is 42.0. The van der Waals surface area contributed by atoms with Crippen LogP contribution in [-0.4, -0.2) is 141 Å². The summed E-state index contributed by atoms with van der Waals surface area (Å²) in [7, 11) is 1.87. The van der Waals surface area contributed by atoms with Gasteiger partial charge in [0.1, 0.15) is 6.04 Å². The standard InChI is InChI=1S/C42H41N13O5S/c1-43-25-17-27-4-6-33(55(27)46-20-25)32-19-31(44-2)30(21-45-32)38-48-49-41(61-38)53-23-42(24-53)9-11-52(12-10-42)36(57)22-50-13-15-51(16-14-50)26-3-5-28-29(18-26)40(60)54(39(28)59)34-7-8-35(56)47-37(34)58/h3-6,17-21,34H,7-16,22-24H2,2H3,(H,44,45)(H,47,56,58). The lowest BCUT2D eigenvalue weighted by Gasteiger charge is -2.54. The highest BCUT2D eigenvalue weighted by molar-refractivity contribution is 7.18. The summed E-state index contributed by atoms with van der Waals surface area (Å²) in [5.74, 6) is -1.94. The minimum atomic E-state index is -1.000. The second kappa shape index (κ2) is 15.0. The topological polar surface area (TPSA) is 186 Å². The first-order valence-electron chi connectivity index (χ1n) is 20.3. The van der Waals surface area contributed by atoms with Crippen LogP contribution in [-0.2, 0) is 14.4 Å². The number of imide groups is 2. The maximum Gasteiger partial charge on any atom is 0.262 e. The second-order valence-electron chi connectivity index (χ2n) is 16.3. The predicted octanol–water partition coefficient (Wildman–Crippen LogP) is 3.16. The number of piperazine rings is 1. The van der Waals surface area contributed by atoms with Gasteiger partial charge in [0.15, 0.2) is 5.01 Å². The highest BCUT2D eigenvalue weighted by atomic mass is 32.1. The summed E-state index contributed by atoms with van der Waals surface area (Å²) in [4.78, 5) is 81.8. The minimum absolute atomic E-state index is 0.0729. The van der Waals surface area contributed by atoms with Crippen molar-refractivity contribution in [1.82, 2.24) is 44.8 Å². The number of hydrogen-bond donors (Lipinski definition) is 2. The third-order valence-corrected chi connectivity index (χ3v) is 13.7. The molecule has 0 aliphatic carbocycles. The molecule has 5 aliphatic rings. The number of anilines is 3. The zero-order valence-electron chi connectivity index (χ0n) is 33.3. The number of benzene rings is 1. The molecule has 1 spiro atoms. The highest BCUT2D eigenvalue weighted by Crippen LogP contribution is 2.45. The molecule has 4 fully saturated rings. The number of hydrogen-bond acceptors (Lipinski definition) is 14. The van der Waals surface area contributed by atoms with Crippen LogP contribution < -0.4 is 20.4 Å². The van der Waals surface area contributed by atoms with Crippen molar-refractivity contribution >= 4 is 68.6 Å². The number of nitrogens with one attached hydrogen (secondary N) is 2. The molecule has 0 bridgehead atoms. The molecule has 0 saturated carbocycles. The van der Waals surface area contributed by atoms with Crippen LogP contribution in [0.4, 0.5) is 22.2 Å². The number of carbonyl (C=O) groups is 5. The molecule has 4 aromatic heterocycles. The number of pyridine rings is 1. The zero-order valence-corrected chi connectivity index (χ0v) is 34.2. The van der Waals surface area contributed by atoms with Crippen LogP contribution in [0.2, 0.25) is 0 Å². The fourth-order valence-electron chi connectivity index (χ4n) is 9.22. The normalized spacial score (nSPS) is 20.2. The lowest BCUT2D eigenvalue weighted by Crippen LogP contribution is -2.61. The summed E-state index contributed by atoms with van der Waals surface area (Å²) in [6.07, 6.45) is 5.42. The van der Waals surface area contributed by atoms with Crippen LogP contribution in [0.5, 0.6) is 0 Å². The lowest BCUT2D eigenvalue weighted by molar-refractivity contribution is -0.137. The summed E-state index contributed by atoms with van der Waals surface area (Å²) in [5, 5.41) is 20.7. The van der Waals surface area contributed by atoms with Crippen LogP contribution >= 0.6 is 11.3 Å². The Morgan fingerprint density at radius 3 is 2.46 bits per heavy atom. The van der Waals surface area contributed by atoms with E-state index in [1.165, 1.54) is 0 Å². The average Bonchev–Trinajstić information content (AvgIpc) is 3.99. The van der Waals surface area contributed by atoms with Crippen molar-refractivity contribution in [1.29, 1.82) is 0 Å². The first-order valence-corrected chi connectivity index (χ1v) is 21.1. The van der Waals surface area contributed by atoms with Crippen LogP contribution in [0.1, 0.15) is 46.4 Å². The van der Waals surface area contributed by atoms with E-state index in [0.717, 1.165) is 87.9 Å². The monoisotopic (exact) mass is 839 g/mol. The van der Waals surface area contributed by atoms with Crippen LogP contribution in [0, 0.1) is 12.0 Å². The number of nitrogens with zero attached hydrogens (tertiary/aromatic N) is 11. The van der Waals surface area contributed by atoms with E-state index in [4.69, 9.17) is 11.6 Å². The van der Waals surface area contributed by atoms with E-state index in [1.54, 1.807) is 40.2 Å². The number of aromatic nitrogens is 5. The molecule has 0 radical (unpaired) electrons. The van der Waals surface area contributed by atoms with E-state index < -0.39 is 29.7 Å². The summed E-state index contributed by atoms with van der Waals surface area (Å²) >= 11 is 1.54. The molecule has 310 valence electrons. The number of carbonyl (C=O) groups excluding carboxylic acids is 5. The van der Waals surface area contributed by atoms with Crippen molar-refractivity contribution in [3.8, 4) is 22.0 Å². The molecule has 1 unspecified atom stereocenters. The van der Waals surface area contributed by atoms with Gasteiger partial charge < -0.3 is 20.0 Å². The SMILES string of the molecule is [C-]#[N+]c1cnn2c(-c3cc(NC)c(-c4nnc(N5CC6(CCN(C(=O)CN7CCN(c8ccc9c(c8)C(=O)N(C8CCC(=O)NC8=O)C9=O)CC7)CC6)C5)s4)cn3)ccc2c1. The van der Waals surface area contributed by atoms with Crippen LogP contribution in [0.25, 0.3) is 32.3 Å². The number of rotatable bonds is 8. The van der Waals surface area contributed by atoms with E-state index in [-0.39, 0.29) is 35.3 Å². The molecule has 2 N–H and O–H groups in total. The van der Waals surface area contributed by atoms with Crippen LogP contribution in [0.3, 0.4) is 0 Å². The Labute approximate surface area is 353 Å². The molecule has 5 aliphatic heterocycles. The highest BCUT2D eigenvalue weighted by Gasteiger charge is 2.47. The number of piperidine rings is 2. The molecule has 5 amide bonds. The molecule has 4 saturated heterocycles. The van der Waals surface area contributed by atoms with Gasteiger partial charge in [-0.15, -0.1) is 10.2 Å². The van der Waals surface area contributed by atoms with Crippen molar-refractivity contribution in [2.24, 2.45) is 5.41 Å². The summed E-state index contributed by atoms with van der Waals surface area (Å²) in [6.45, 7) is 13.5. The third kappa shape index (κ3) is 6.81. The summed E-state index contributed by atoms with van der Waals surface area (Å²) in [5.41, 5.74) is 6.09. The van der Waals surface area contributed by atoms with E-state index in [2.05, 4.69) is 45.5 Å². The smallest absolute Gasteiger partial charge is 0.262 e. The number of fused-ring (bicyclic) bond motifs is 2. The fraction of sp³-hybridized carbons (Fsp3) is 0.381. The quantitative estimate of drug-likeness (QED) is 0.172. The van der Waals surface area contributed by atoms with Gasteiger partial charge in [-0.05, 0) is 61.7 Å². The van der Waals surface area contributed by atoms with Gasteiger partial charge in [0.05, 0.1) is 52.9 Å². The van der Waals surface area contributed by atoms with E-state index in [1.807, 2.05) is 42.4 Å². The van der Waals surface area contributed by atoms with Crippen LogP contribution in [0.15, 0.2) is 54.9 Å². The molecular weight excluding hydrogens is 799 g/mol. The van der Waals surface area contributed by atoms with Gasteiger partial charge in [-0.2, -0.15) is 5.10 Å². The third-order valence-electron chi connectivity index (χ3n) is 12.7. The molecule has 1 aromatic carbocycles. The molecule has 19 heteroatoms. The molecule has 18 nitrogen and oxygen atoms in total. The maximum atomic E-state index is 13.5. The van der Waals surface area contributed by atoms with Crippen molar-refractivity contribution in [3.05, 3.63) is 77.4 Å². The Balaban J connectivity index is 0.700. The minimum Gasteiger partial charge on any atom is -0.387 e. The molecular formula is C42H41N13O5S. The largest absolute Gasteiger partial charge is 0.387 e. The Bertz CT molecular complexity index is 2680. The second-order valence-corrected chi connectivity index (χ2v) is 17.3. The fourth-order valence-corrected chi connectivity index (χ4v) is 10.1. The van der Waals surface area contributed by atoms with Gasteiger partial charge in [0.25, 0.3) is 11.8 Å². The van der Waals surface area contributed by atoms with Gasteiger partial charge >= 0.3 is 0 Å².